The Labute approximate surface area is 204 Å². The number of hydrogen-bond acceptors (Lipinski definition) is 3. The Morgan fingerprint density at radius 2 is 1.77 bits per heavy atom. The predicted molar refractivity (Wildman–Crippen MR) is 137 cm³/mol. The SMILES string of the molecule is Cc1c(CC(=O)C2C[C@@H](C)N[C@@H](C)C2)c[nH]c1C=C1C(=O)Nc2cccc(-c3ccccc3F)c21. The van der Waals surface area contributed by atoms with Gasteiger partial charge in [0.25, 0.3) is 5.91 Å². The molecule has 1 aromatic heterocycles. The zero-order chi connectivity index (χ0) is 24.7. The van der Waals surface area contributed by atoms with Crippen molar-refractivity contribution in [2.75, 3.05) is 5.32 Å². The van der Waals surface area contributed by atoms with Crippen LogP contribution in [0.4, 0.5) is 10.1 Å². The molecule has 3 heterocycles. The zero-order valence-corrected chi connectivity index (χ0v) is 20.2. The van der Waals surface area contributed by atoms with Crippen LogP contribution in [0, 0.1) is 18.7 Å². The third-order valence-corrected chi connectivity index (χ3v) is 7.23. The standard InChI is InChI=1S/C29H30FN3O2/c1-16-11-19(12-17(2)32-16)27(34)13-20-15-31-26(18(20)3)14-23-28-22(21-7-4-5-9-24(21)30)8-6-10-25(28)33-29(23)35/h4-10,14-17,19,31-32H,11-13H2,1-3H3,(H,33,35)/t16-,17+,19?. The van der Waals surface area contributed by atoms with Crippen molar-refractivity contribution in [1.82, 2.24) is 10.3 Å². The first-order valence-corrected chi connectivity index (χ1v) is 12.2. The molecule has 180 valence electrons. The highest BCUT2D eigenvalue weighted by molar-refractivity contribution is 6.36. The molecule has 6 heteroatoms. The third-order valence-electron chi connectivity index (χ3n) is 7.23. The van der Waals surface area contributed by atoms with Crippen molar-refractivity contribution < 1.29 is 14.0 Å². The largest absolute Gasteiger partial charge is 0.361 e. The number of aromatic amines is 1. The maximum atomic E-state index is 14.6. The predicted octanol–water partition coefficient (Wildman–Crippen LogP) is 5.51. The number of aromatic nitrogens is 1. The molecule has 2 aromatic carbocycles. The number of Topliss-reactive ketones (excluding diaryl/α,β-unsaturated/α-hetero) is 1. The lowest BCUT2D eigenvalue weighted by Crippen LogP contribution is -2.44. The van der Waals surface area contributed by atoms with E-state index in [2.05, 4.69) is 29.5 Å². The summed E-state index contributed by atoms with van der Waals surface area (Å²) in [6, 6.07) is 12.7. The van der Waals surface area contributed by atoms with Crippen molar-refractivity contribution in [2.45, 2.75) is 52.1 Å². The molecule has 2 aliphatic heterocycles. The van der Waals surface area contributed by atoms with E-state index in [4.69, 9.17) is 0 Å². The average molecular weight is 472 g/mol. The molecule has 3 aromatic rings. The van der Waals surface area contributed by atoms with E-state index in [0.29, 0.717) is 46.5 Å². The Hall–Kier alpha value is -3.51. The monoisotopic (exact) mass is 471 g/mol. The zero-order valence-electron chi connectivity index (χ0n) is 20.2. The van der Waals surface area contributed by atoms with Crippen molar-refractivity contribution in [3.63, 3.8) is 0 Å². The molecule has 1 amide bonds. The van der Waals surface area contributed by atoms with Gasteiger partial charge in [-0.2, -0.15) is 0 Å². The molecular formula is C29H30FN3O2. The van der Waals surface area contributed by atoms with Crippen LogP contribution in [0.5, 0.6) is 0 Å². The third kappa shape index (κ3) is 4.46. The molecule has 1 unspecified atom stereocenters. The smallest absolute Gasteiger partial charge is 0.256 e. The fourth-order valence-corrected chi connectivity index (χ4v) is 5.49. The summed E-state index contributed by atoms with van der Waals surface area (Å²) in [7, 11) is 0. The molecular weight excluding hydrogens is 441 g/mol. The van der Waals surface area contributed by atoms with Gasteiger partial charge in [-0.1, -0.05) is 30.3 Å². The van der Waals surface area contributed by atoms with Gasteiger partial charge in [0.1, 0.15) is 11.6 Å². The number of ketones is 1. The molecule has 0 saturated carbocycles. The number of rotatable bonds is 5. The molecule has 5 nitrogen and oxygen atoms in total. The van der Waals surface area contributed by atoms with Crippen LogP contribution in [0.1, 0.15) is 49.1 Å². The van der Waals surface area contributed by atoms with Crippen LogP contribution in [0.3, 0.4) is 0 Å². The van der Waals surface area contributed by atoms with Crippen molar-refractivity contribution in [2.24, 2.45) is 5.92 Å². The Kier molecular flexibility index (Phi) is 6.15. The second-order valence-corrected chi connectivity index (χ2v) is 9.85. The van der Waals surface area contributed by atoms with Gasteiger partial charge in [-0.05, 0) is 68.5 Å². The minimum atomic E-state index is -0.335. The molecule has 0 bridgehead atoms. The van der Waals surface area contributed by atoms with E-state index in [1.807, 2.05) is 37.4 Å². The molecule has 1 saturated heterocycles. The molecule has 0 aliphatic carbocycles. The number of anilines is 1. The second kappa shape index (κ2) is 9.27. The van der Waals surface area contributed by atoms with Crippen molar-refractivity contribution in [1.29, 1.82) is 0 Å². The minimum Gasteiger partial charge on any atom is -0.361 e. The summed E-state index contributed by atoms with van der Waals surface area (Å²) in [4.78, 5) is 29.2. The summed E-state index contributed by atoms with van der Waals surface area (Å²) in [5.74, 6) is -0.239. The van der Waals surface area contributed by atoms with Crippen molar-refractivity contribution in [3.05, 3.63) is 76.9 Å². The van der Waals surface area contributed by atoms with Gasteiger partial charge < -0.3 is 15.6 Å². The number of fused-ring (bicyclic) bond motifs is 1. The summed E-state index contributed by atoms with van der Waals surface area (Å²) in [6.07, 6.45) is 5.77. The van der Waals surface area contributed by atoms with Gasteiger partial charge >= 0.3 is 0 Å². The number of carbonyl (C=O) groups is 2. The number of amides is 1. The quantitative estimate of drug-likeness (QED) is 0.430. The number of hydrogen-bond donors (Lipinski definition) is 3. The number of piperidine rings is 1. The lowest BCUT2D eigenvalue weighted by Gasteiger charge is -2.32. The maximum Gasteiger partial charge on any atom is 0.256 e. The molecule has 0 spiro atoms. The van der Waals surface area contributed by atoms with Crippen LogP contribution in [0.25, 0.3) is 22.8 Å². The highest BCUT2D eigenvalue weighted by Crippen LogP contribution is 2.41. The van der Waals surface area contributed by atoms with Crippen LogP contribution >= 0.6 is 0 Å². The van der Waals surface area contributed by atoms with E-state index in [9.17, 15) is 14.0 Å². The normalized spacial score (nSPS) is 22.8. The first-order chi connectivity index (χ1) is 16.8. The highest BCUT2D eigenvalue weighted by Gasteiger charge is 2.30. The number of benzene rings is 2. The van der Waals surface area contributed by atoms with Gasteiger partial charge in [0, 0.05) is 53.1 Å². The summed E-state index contributed by atoms with van der Waals surface area (Å²) in [5, 5.41) is 6.39. The molecule has 35 heavy (non-hydrogen) atoms. The van der Waals surface area contributed by atoms with Gasteiger partial charge in [0.05, 0.1) is 5.57 Å². The molecule has 1 fully saturated rings. The van der Waals surface area contributed by atoms with Crippen LogP contribution in [0.2, 0.25) is 0 Å². The van der Waals surface area contributed by atoms with Gasteiger partial charge in [0.15, 0.2) is 0 Å². The van der Waals surface area contributed by atoms with Crippen LogP contribution in [-0.4, -0.2) is 28.8 Å². The number of H-pyrrole nitrogens is 1. The van der Waals surface area contributed by atoms with E-state index in [1.165, 1.54) is 6.07 Å². The molecule has 0 radical (unpaired) electrons. The van der Waals surface area contributed by atoms with Crippen LogP contribution < -0.4 is 10.6 Å². The van der Waals surface area contributed by atoms with E-state index in [0.717, 1.165) is 29.7 Å². The summed E-state index contributed by atoms with van der Waals surface area (Å²) < 4.78 is 14.6. The number of carbonyl (C=O) groups excluding carboxylic acids is 2. The van der Waals surface area contributed by atoms with Crippen LogP contribution in [0.15, 0.2) is 48.7 Å². The van der Waals surface area contributed by atoms with Gasteiger partial charge in [-0.3, -0.25) is 9.59 Å². The Bertz CT molecular complexity index is 1330. The average Bonchev–Trinajstić information content (AvgIpc) is 3.33. The summed E-state index contributed by atoms with van der Waals surface area (Å²) in [6.45, 7) is 6.22. The number of nitrogens with one attached hydrogen (secondary N) is 3. The molecule has 3 atom stereocenters. The van der Waals surface area contributed by atoms with E-state index < -0.39 is 0 Å². The highest BCUT2D eigenvalue weighted by atomic mass is 19.1. The van der Waals surface area contributed by atoms with Crippen molar-refractivity contribution in [3.8, 4) is 11.1 Å². The van der Waals surface area contributed by atoms with Gasteiger partial charge in [0.2, 0.25) is 0 Å². The minimum absolute atomic E-state index is 0.0631. The lowest BCUT2D eigenvalue weighted by atomic mass is 9.84. The van der Waals surface area contributed by atoms with Gasteiger partial charge in [-0.15, -0.1) is 0 Å². The Morgan fingerprint density at radius 3 is 2.51 bits per heavy atom. The van der Waals surface area contributed by atoms with E-state index >= 15 is 0 Å². The first-order valence-electron chi connectivity index (χ1n) is 12.2. The topological polar surface area (TPSA) is 74.0 Å². The maximum absolute atomic E-state index is 14.6. The molecule has 3 N–H and O–H groups in total. The Morgan fingerprint density at radius 1 is 1.06 bits per heavy atom. The fraction of sp³-hybridized carbons (Fsp3) is 0.310. The summed E-state index contributed by atoms with van der Waals surface area (Å²) >= 11 is 0. The molecule has 5 rings (SSSR count). The van der Waals surface area contributed by atoms with Gasteiger partial charge in [-0.25, -0.2) is 4.39 Å². The second-order valence-electron chi connectivity index (χ2n) is 9.85. The van der Waals surface area contributed by atoms with Crippen molar-refractivity contribution >= 4 is 29.0 Å². The summed E-state index contributed by atoms with van der Waals surface area (Å²) in [5.41, 5.74) is 5.62. The lowest BCUT2D eigenvalue weighted by molar-refractivity contribution is -0.123. The molecule has 2 aliphatic rings. The van der Waals surface area contributed by atoms with Crippen LogP contribution in [-0.2, 0) is 16.0 Å². The van der Waals surface area contributed by atoms with E-state index in [-0.39, 0.29) is 23.4 Å². The number of halogens is 1. The fourth-order valence-electron chi connectivity index (χ4n) is 5.49. The first kappa shape index (κ1) is 23.2. The van der Waals surface area contributed by atoms with E-state index in [1.54, 1.807) is 18.2 Å². The Balaban J connectivity index is 1.46.